The topological polar surface area (TPSA) is 68.6 Å². The van der Waals surface area contributed by atoms with Crippen molar-refractivity contribution in [3.05, 3.63) is 57.2 Å². The van der Waals surface area contributed by atoms with Crippen LogP contribution in [0.1, 0.15) is 41.9 Å². The minimum absolute atomic E-state index is 0.194. The van der Waals surface area contributed by atoms with E-state index in [1.54, 1.807) is 13.0 Å². The number of imide groups is 1. The zero-order valence-electron chi connectivity index (χ0n) is 18.1. The van der Waals surface area contributed by atoms with Gasteiger partial charge in [0.15, 0.2) is 0 Å². The van der Waals surface area contributed by atoms with Gasteiger partial charge in [-0.25, -0.2) is 4.79 Å². The average molecular weight is 427 g/mol. The van der Waals surface area contributed by atoms with Crippen LogP contribution in [-0.4, -0.2) is 39.2 Å². The Morgan fingerprint density at radius 2 is 1.83 bits per heavy atom. The minimum atomic E-state index is -0.952. The molecule has 2 aromatic rings. The molecule has 1 atom stereocenters. The molecule has 158 valence electrons. The Morgan fingerprint density at radius 1 is 1.13 bits per heavy atom. The lowest BCUT2D eigenvalue weighted by Crippen LogP contribution is -2.42. The first-order valence-electron chi connectivity index (χ1n) is 9.86. The fourth-order valence-corrected chi connectivity index (χ4v) is 4.42. The van der Waals surface area contributed by atoms with Gasteiger partial charge in [0.05, 0.1) is 11.5 Å². The molecule has 7 heteroatoms. The summed E-state index contributed by atoms with van der Waals surface area (Å²) >= 11 is 0.846. The molecule has 1 aliphatic rings. The van der Waals surface area contributed by atoms with Crippen LogP contribution in [0, 0.1) is 27.7 Å². The van der Waals surface area contributed by atoms with E-state index in [1.807, 2.05) is 19.9 Å². The Bertz CT molecular complexity index is 1070. The van der Waals surface area contributed by atoms with Gasteiger partial charge in [-0.05, 0) is 94.3 Å². The first kappa shape index (κ1) is 21.9. The van der Waals surface area contributed by atoms with E-state index in [4.69, 9.17) is 4.74 Å². The molecule has 0 aliphatic carbocycles. The predicted octanol–water partition coefficient (Wildman–Crippen LogP) is 4.70. The van der Waals surface area contributed by atoms with Crippen molar-refractivity contribution in [2.75, 3.05) is 6.61 Å². The van der Waals surface area contributed by atoms with E-state index in [-0.39, 0.29) is 6.61 Å². The van der Waals surface area contributed by atoms with Crippen LogP contribution in [-0.2, 0) is 14.3 Å². The van der Waals surface area contributed by atoms with Crippen molar-refractivity contribution in [1.82, 2.24) is 9.47 Å². The molecule has 2 amide bonds. The van der Waals surface area contributed by atoms with E-state index in [0.29, 0.717) is 4.91 Å². The fraction of sp³-hybridized carbons (Fsp3) is 0.348. The van der Waals surface area contributed by atoms with Gasteiger partial charge in [0.25, 0.3) is 11.1 Å². The van der Waals surface area contributed by atoms with Crippen LogP contribution in [0.2, 0.25) is 0 Å². The molecule has 1 aromatic heterocycles. The van der Waals surface area contributed by atoms with E-state index in [2.05, 4.69) is 36.6 Å². The molecule has 30 heavy (non-hydrogen) atoms. The van der Waals surface area contributed by atoms with Crippen molar-refractivity contribution in [2.24, 2.45) is 0 Å². The number of ether oxygens (including phenoxy) is 1. The summed E-state index contributed by atoms with van der Waals surface area (Å²) in [6.45, 7) is 11.5. The van der Waals surface area contributed by atoms with Crippen molar-refractivity contribution in [1.29, 1.82) is 0 Å². The first-order chi connectivity index (χ1) is 14.1. The molecule has 0 spiro atoms. The zero-order valence-corrected chi connectivity index (χ0v) is 18.9. The van der Waals surface area contributed by atoms with Gasteiger partial charge in [-0.1, -0.05) is 6.07 Å². The summed E-state index contributed by atoms with van der Waals surface area (Å²) in [6.07, 6.45) is 1.72. The van der Waals surface area contributed by atoms with Crippen molar-refractivity contribution < 1.29 is 19.1 Å². The predicted molar refractivity (Wildman–Crippen MR) is 119 cm³/mol. The number of hydrogen-bond donors (Lipinski definition) is 0. The first-order valence-corrected chi connectivity index (χ1v) is 10.7. The normalized spacial score (nSPS) is 16.5. The van der Waals surface area contributed by atoms with E-state index in [9.17, 15) is 14.4 Å². The third-order valence-electron chi connectivity index (χ3n) is 5.34. The average Bonchev–Trinajstić information content (AvgIpc) is 3.12. The summed E-state index contributed by atoms with van der Waals surface area (Å²) in [7, 11) is 0. The number of amides is 2. The summed E-state index contributed by atoms with van der Waals surface area (Å²) < 4.78 is 7.08. The monoisotopic (exact) mass is 426 g/mol. The second kappa shape index (κ2) is 8.52. The maximum atomic E-state index is 12.8. The number of carbonyl (C=O) groups is 3. The molecule has 1 aliphatic heterocycles. The second-order valence-electron chi connectivity index (χ2n) is 7.41. The zero-order chi connectivity index (χ0) is 22.2. The van der Waals surface area contributed by atoms with Gasteiger partial charge in [-0.2, -0.15) is 0 Å². The van der Waals surface area contributed by atoms with E-state index in [0.717, 1.165) is 39.3 Å². The highest BCUT2D eigenvalue weighted by Gasteiger charge is 2.41. The molecular formula is C23H26N2O4S. The number of esters is 1. The molecule has 0 radical (unpaired) electrons. The maximum absolute atomic E-state index is 12.8. The van der Waals surface area contributed by atoms with Crippen LogP contribution in [0.4, 0.5) is 4.79 Å². The van der Waals surface area contributed by atoms with Gasteiger partial charge >= 0.3 is 5.97 Å². The lowest BCUT2D eigenvalue weighted by Gasteiger charge is -2.19. The lowest BCUT2D eigenvalue weighted by molar-refractivity contribution is -0.150. The number of rotatable bonds is 5. The number of carbonyl (C=O) groups excluding carboxylic acids is 3. The number of hydrogen-bond acceptors (Lipinski definition) is 5. The van der Waals surface area contributed by atoms with Crippen LogP contribution < -0.4 is 0 Å². The Hall–Kier alpha value is -2.80. The van der Waals surface area contributed by atoms with Crippen LogP contribution >= 0.6 is 11.8 Å². The Balaban J connectivity index is 1.94. The van der Waals surface area contributed by atoms with Crippen molar-refractivity contribution >= 4 is 35.0 Å². The highest BCUT2D eigenvalue weighted by Crippen LogP contribution is 2.35. The van der Waals surface area contributed by atoms with Crippen molar-refractivity contribution in [3.8, 4) is 5.69 Å². The molecule has 1 aromatic carbocycles. The third-order valence-corrected chi connectivity index (χ3v) is 6.23. The molecule has 2 heterocycles. The molecule has 3 rings (SSSR count). The summed E-state index contributed by atoms with van der Waals surface area (Å²) in [6, 6.07) is 7.33. The molecule has 6 nitrogen and oxygen atoms in total. The van der Waals surface area contributed by atoms with Gasteiger partial charge in [-0.15, -0.1) is 0 Å². The quantitative estimate of drug-likeness (QED) is 0.512. The third kappa shape index (κ3) is 3.94. The largest absolute Gasteiger partial charge is 0.464 e. The lowest BCUT2D eigenvalue weighted by atomic mass is 10.1. The molecule has 0 N–H and O–H groups in total. The van der Waals surface area contributed by atoms with Crippen LogP contribution in [0.25, 0.3) is 11.8 Å². The molecule has 1 fully saturated rings. The molecule has 1 saturated heterocycles. The minimum Gasteiger partial charge on any atom is -0.464 e. The standard InChI is InChI=1S/C23H26N2O4S/c1-7-29-22(27)17(6)25-21(26)20(30-23(25)28)12-18-11-15(4)24(16(18)5)19-9-8-13(2)14(3)10-19/h8-12,17H,7H2,1-6H3/b20-12+/t17-/m0/s1. The van der Waals surface area contributed by atoms with Gasteiger partial charge in [-0.3, -0.25) is 14.5 Å². The van der Waals surface area contributed by atoms with E-state index < -0.39 is 23.2 Å². The molecule has 0 saturated carbocycles. The molecule has 0 bridgehead atoms. The van der Waals surface area contributed by atoms with Gasteiger partial charge in [0.2, 0.25) is 0 Å². The van der Waals surface area contributed by atoms with Crippen LogP contribution in [0.3, 0.4) is 0 Å². The number of nitrogens with zero attached hydrogens (tertiary/aromatic N) is 2. The summed E-state index contributed by atoms with van der Waals surface area (Å²) in [4.78, 5) is 38.5. The van der Waals surface area contributed by atoms with Crippen LogP contribution in [0.15, 0.2) is 29.2 Å². The maximum Gasteiger partial charge on any atom is 0.329 e. The Labute approximate surface area is 180 Å². The van der Waals surface area contributed by atoms with E-state index in [1.165, 1.54) is 18.1 Å². The second-order valence-corrected chi connectivity index (χ2v) is 8.40. The van der Waals surface area contributed by atoms with Crippen molar-refractivity contribution in [3.63, 3.8) is 0 Å². The Kier molecular flexibility index (Phi) is 6.22. The van der Waals surface area contributed by atoms with Gasteiger partial charge in [0, 0.05) is 17.1 Å². The summed E-state index contributed by atoms with van der Waals surface area (Å²) in [5.41, 5.74) is 6.35. The Morgan fingerprint density at radius 3 is 2.47 bits per heavy atom. The SMILES string of the molecule is CCOC(=O)[C@H](C)N1C(=O)S/C(=C/c2cc(C)n(-c3ccc(C)c(C)c3)c2C)C1=O. The number of aryl methyl sites for hydroxylation is 3. The van der Waals surface area contributed by atoms with Crippen LogP contribution in [0.5, 0.6) is 0 Å². The highest BCUT2D eigenvalue weighted by molar-refractivity contribution is 8.18. The van der Waals surface area contributed by atoms with Crippen molar-refractivity contribution in [2.45, 2.75) is 47.6 Å². The number of aromatic nitrogens is 1. The smallest absolute Gasteiger partial charge is 0.329 e. The summed E-state index contributed by atoms with van der Waals surface area (Å²) in [5.74, 6) is -1.06. The summed E-state index contributed by atoms with van der Waals surface area (Å²) in [5, 5.41) is -0.463. The molecule has 0 unspecified atom stereocenters. The molecular weight excluding hydrogens is 400 g/mol. The van der Waals surface area contributed by atoms with Gasteiger partial charge in [0.1, 0.15) is 6.04 Å². The van der Waals surface area contributed by atoms with Gasteiger partial charge < -0.3 is 9.30 Å². The fourth-order valence-electron chi connectivity index (χ4n) is 3.52. The highest BCUT2D eigenvalue weighted by atomic mass is 32.2. The number of benzene rings is 1. The number of thioether (sulfide) groups is 1. The van der Waals surface area contributed by atoms with E-state index >= 15 is 0 Å².